The number of nitrogens with zero attached hydrogens (tertiary/aromatic N) is 1. The van der Waals surface area contributed by atoms with Crippen LogP contribution in [0.15, 0.2) is 121 Å². The van der Waals surface area contributed by atoms with Crippen LogP contribution in [-0.2, 0) is 4.74 Å². The Hall–Kier alpha value is -1.41. The van der Waals surface area contributed by atoms with Crippen molar-refractivity contribution < 1.29 is 49.3 Å². The number of hydrogen-bond acceptors (Lipinski definition) is 7. The molecule has 13 rings (SSSR count). The van der Waals surface area contributed by atoms with Crippen LogP contribution >= 0.6 is 40.2 Å². The number of rotatable bonds is 15. The Morgan fingerprint density at radius 3 is 1.30 bits per heavy atom. The number of carbonyl (C=O) groups is 1. The summed E-state index contributed by atoms with van der Waals surface area (Å²) in [7, 11) is -0.699. The van der Waals surface area contributed by atoms with Crippen LogP contribution in [0.5, 0.6) is 0 Å². The third-order valence-corrected chi connectivity index (χ3v) is 22.8. The molecule has 11 heteroatoms. The van der Waals surface area contributed by atoms with Crippen molar-refractivity contribution in [2.75, 3.05) is 50.9 Å². The van der Waals surface area contributed by atoms with E-state index in [0.29, 0.717) is 22.6 Å². The van der Waals surface area contributed by atoms with Crippen LogP contribution in [0, 0.1) is 35.5 Å². The maximum Gasteiger partial charge on any atom is 1.00 e. The molecular weight excluding hydrogens is 986 g/mol. The molecule has 9 aliphatic rings. The number of hydrogen-bond donors (Lipinski definition) is 3. The fourth-order valence-electron chi connectivity index (χ4n) is 13.0. The maximum absolute atomic E-state index is 11.6. The summed E-state index contributed by atoms with van der Waals surface area (Å²) in [5, 5.41) is 28.4. The molecule has 0 aromatic heterocycles. The normalized spacial score (nSPS) is 27.1. The minimum atomic E-state index is -0.750. The van der Waals surface area contributed by atoms with Gasteiger partial charge in [-0.15, -0.1) is 5.60 Å². The molecule has 2 N–H and O–H groups in total. The van der Waals surface area contributed by atoms with E-state index < -0.39 is 19.1 Å². The van der Waals surface area contributed by atoms with Crippen molar-refractivity contribution in [3.8, 4) is 0 Å². The SMILES string of the molecule is CC(C)(C)[O-].CCC(C)(C)O.O=C1OCCN1CCP(c1ccccc1)c1ccccc1.SC12CC3CC(CC(C3)C1)C2.[Na+].c1ccc(P(CCNCCSC23CC4CC(CC(C4)C2)C3)c2ccccc2)cc1. The van der Waals surface area contributed by atoms with E-state index >= 15 is 0 Å². The number of carbonyl (C=O) groups excluding carboxylic acids is 1. The molecule has 0 radical (unpaired) electrons. The summed E-state index contributed by atoms with van der Waals surface area (Å²) in [4.78, 5) is 13.4. The van der Waals surface area contributed by atoms with Crippen LogP contribution in [0.4, 0.5) is 4.79 Å². The van der Waals surface area contributed by atoms with E-state index in [-0.39, 0.29) is 43.6 Å². The Bertz CT molecular complexity index is 2040. The zero-order valence-corrected chi connectivity index (χ0v) is 51.2. The van der Waals surface area contributed by atoms with Gasteiger partial charge >= 0.3 is 35.7 Å². The molecule has 394 valence electrons. The number of thioether (sulfide) groups is 1. The van der Waals surface area contributed by atoms with Crippen molar-refractivity contribution in [1.82, 2.24) is 10.2 Å². The Kier molecular flexibility index (Phi) is 24.2. The maximum atomic E-state index is 11.6. The van der Waals surface area contributed by atoms with Gasteiger partial charge in [0.15, 0.2) is 0 Å². The van der Waals surface area contributed by atoms with E-state index in [2.05, 4.69) is 126 Å². The molecule has 4 aromatic carbocycles. The van der Waals surface area contributed by atoms with Gasteiger partial charge in [0.05, 0.1) is 12.1 Å². The standard InChI is InChI=1S/C26H34NPS.C17H18NO2P.C10H16S.C5H12O.C4H9O.Na/c1-3-7-24(8-4-1)28(25-9-5-2-6-10-25)13-11-27-12-14-29-26-18-21-15-22(19-26)17-23(16-21)20-26;19-17-18(11-13-20-17)12-14-21(15-7-3-1-4-8-15)16-9-5-2-6-10-16;11-10-4-7-1-8(5-10)3-9(2-7)6-10;1-4-5(2,3)6;1-4(2,3)5;/h1-10,21-23,27H,11-20H2;1-10H,11-14H2;7-9,11H,1-6H2;6H,4H2,1-3H3;1-3H3;/q;;;;-1;+1. The largest absolute Gasteiger partial charge is 1.00 e. The van der Waals surface area contributed by atoms with Gasteiger partial charge in [0, 0.05) is 28.3 Å². The van der Waals surface area contributed by atoms with Crippen LogP contribution in [0.25, 0.3) is 0 Å². The van der Waals surface area contributed by atoms with E-state index in [1.54, 1.807) is 78.0 Å². The van der Waals surface area contributed by atoms with Crippen molar-refractivity contribution in [3.63, 3.8) is 0 Å². The van der Waals surface area contributed by atoms with Crippen molar-refractivity contribution >= 4 is 67.5 Å². The molecule has 4 aromatic rings. The molecule has 1 amide bonds. The first-order chi connectivity index (χ1) is 34.4. The van der Waals surface area contributed by atoms with Crippen molar-refractivity contribution in [3.05, 3.63) is 121 Å². The van der Waals surface area contributed by atoms with Gasteiger partial charge in [0.1, 0.15) is 6.61 Å². The molecule has 8 bridgehead atoms. The fourth-order valence-corrected chi connectivity index (χ4v) is 20.1. The van der Waals surface area contributed by atoms with Gasteiger partial charge in [-0.3, -0.25) is 0 Å². The van der Waals surface area contributed by atoms with Crippen molar-refractivity contribution in [1.29, 1.82) is 0 Å². The van der Waals surface area contributed by atoms with Crippen LogP contribution in [0.2, 0.25) is 0 Å². The number of ether oxygens (including phenoxy) is 1. The molecule has 1 heterocycles. The smallest absolute Gasteiger partial charge is 0.850 e. The summed E-state index contributed by atoms with van der Waals surface area (Å²) < 4.78 is 6.16. The average molecular weight is 1080 g/mol. The van der Waals surface area contributed by atoms with Gasteiger partial charge in [-0.25, -0.2) is 4.79 Å². The quantitative estimate of drug-likeness (QED) is 0.0477. The second-order valence-electron chi connectivity index (χ2n) is 23.9. The van der Waals surface area contributed by atoms with E-state index in [1.807, 2.05) is 19.1 Å². The number of nitrogens with one attached hydrogen (secondary N) is 1. The van der Waals surface area contributed by atoms with Crippen LogP contribution in [-0.4, -0.2) is 87.7 Å². The summed E-state index contributed by atoms with van der Waals surface area (Å²) in [6, 6.07) is 43.4. The number of thiol groups is 1. The van der Waals surface area contributed by atoms with Gasteiger partial charge in [-0.05, 0) is 189 Å². The van der Waals surface area contributed by atoms with Crippen LogP contribution in [0.3, 0.4) is 0 Å². The summed E-state index contributed by atoms with van der Waals surface area (Å²) in [6.07, 6.45) is 21.0. The first-order valence-corrected chi connectivity index (χ1v) is 32.1. The number of aliphatic hydroxyl groups is 1. The zero-order valence-electron chi connectivity index (χ0n) is 45.7. The fraction of sp³-hybridized carbons (Fsp3) is 0.597. The first-order valence-electron chi connectivity index (χ1n) is 27.6. The van der Waals surface area contributed by atoms with E-state index in [9.17, 15) is 9.90 Å². The Labute approximate surface area is 476 Å². The molecule has 0 unspecified atom stereocenters. The first kappa shape index (κ1) is 60.8. The third-order valence-electron chi connectivity index (χ3n) is 15.8. The Balaban J connectivity index is 0.000000171. The minimum Gasteiger partial charge on any atom is -0.850 e. The third kappa shape index (κ3) is 20.1. The predicted octanol–water partition coefficient (Wildman–Crippen LogP) is 9.18. The molecule has 73 heavy (non-hydrogen) atoms. The molecular formula is C62H89N2NaO4P2S2. The molecule has 1 saturated heterocycles. The second-order valence-corrected chi connectivity index (χ2v) is 31.0. The van der Waals surface area contributed by atoms with E-state index in [4.69, 9.17) is 22.5 Å². The molecule has 0 atom stereocenters. The molecule has 9 fully saturated rings. The molecule has 1 aliphatic heterocycles. The second kappa shape index (κ2) is 29.0. The Morgan fingerprint density at radius 2 is 0.986 bits per heavy atom. The van der Waals surface area contributed by atoms with E-state index in [1.165, 1.54) is 78.2 Å². The monoisotopic (exact) mass is 1070 g/mol. The average Bonchev–Trinajstić information content (AvgIpc) is 3.75. The number of cyclic esters (lactones) is 1. The van der Waals surface area contributed by atoms with Gasteiger partial charge < -0.3 is 25.2 Å². The summed E-state index contributed by atoms with van der Waals surface area (Å²) >= 11 is 7.18. The number of amides is 1. The van der Waals surface area contributed by atoms with Gasteiger partial charge in [-0.2, -0.15) is 24.4 Å². The summed E-state index contributed by atoms with van der Waals surface area (Å²) in [5.74, 6) is 7.71. The molecule has 8 aliphatic carbocycles. The topological polar surface area (TPSA) is 84.9 Å². The Morgan fingerprint density at radius 1 is 0.644 bits per heavy atom. The minimum absolute atomic E-state index is 0. The predicted molar refractivity (Wildman–Crippen MR) is 313 cm³/mol. The zero-order chi connectivity index (χ0) is 51.2. The van der Waals surface area contributed by atoms with Gasteiger partial charge in [0.2, 0.25) is 0 Å². The van der Waals surface area contributed by atoms with Crippen molar-refractivity contribution in [2.45, 2.75) is 146 Å². The van der Waals surface area contributed by atoms with Gasteiger partial charge in [0.25, 0.3) is 0 Å². The van der Waals surface area contributed by atoms with Crippen LogP contribution in [0.1, 0.15) is 125 Å². The molecule has 0 spiro atoms. The van der Waals surface area contributed by atoms with Crippen LogP contribution < -0.4 is 61.2 Å². The van der Waals surface area contributed by atoms with Gasteiger partial charge in [-0.1, -0.05) is 149 Å². The summed E-state index contributed by atoms with van der Waals surface area (Å²) in [6.45, 7) is 14.7. The molecule has 8 saturated carbocycles. The van der Waals surface area contributed by atoms with Crippen molar-refractivity contribution in [2.24, 2.45) is 35.5 Å². The number of benzene rings is 4. The summed E-state index contributed by atoms with van der Waals surface area (Å²) in [5.41, 5.74) is -1.21. The molecule has 6 nitrogen and oxygen atoms in total. The van der Waals surface area contributed by atoms with E-state index in [0.717, 1.165) is 61.2 Å².